The van der Waals surface area contributed by atoms with Crippen LogP contribution in [-0.4, -0.2) is 5.12 Å². The standard InChI is InChI=1S/C16H12OS/c1-11(17)18-16-10-12-6-2-3-7-13(12)14-8-4-5-9-15(14)16/h2-10H,1H3. The second-order valence-corrected chi connectivity index (χ2v) is 5.45. The number of carbonyl (C=O) groups is 1. The Labute approximate surface area is 110 Å². The predicted molar refractivity (Wildman–Crippen MR) is 78.0 cm³/mol. The third-order valence-corrected chi connectivity index (χ3v) is 3.83. The summed E-state index contributed by atoms with van der Waals surface area (Å²) in [5.41, 5.74) is 0. The van der Waals surface area contributed by atoms with Gasteiger partial charge in [-0.3, -0.25) is 4.79 Å². The van der Waals surface area contributed by atoms with Gasteiger partial charge in [-0.1, -0.05) is 60.3 Å². The average Bonchev–Trinajstić information content (AvgIpc) is 2.38. The maximum absolute atomic E-state index is 11.4. The van der Waals surface area contributed by atoms with Crippen molar-refractivity contribution in [1.82, 2.24) is 0 Å². The molecule has 3 aromatic carbocycles. The molecule has 0 radical (unpaired) electrons. The summed E-state index contributed by atoms with van der Waals surface area (Å²) in [6.07, 6.45) is 0. The predicted octanol–water partition coefficient (Wildman–Crippen LogP) is 4.63. The Bertz CT molecular complexity index is 746. The highest BCUT2D eigenvalue weighted by Gasteiger charge is 2.07. The summed E-state index contributed by atoms with van der Waals surface area (Å²) in [6.45, 7) is 1.61. The van der Waals surface area contributed by atoms with Gasteiger partial charge in [0.1, 0.15) is 0 Å². The minimum absolute atomic E-state index is 0.121. The highest BCUT2D eigenvalue weighted by molar-refractivity contribution is 8.13. The number of thioether (sulfide) groups is 1. The highest BCUT2D eigenvalue weighted by atomic mass is 32.2. The second kappa shape index (κ2) is 4.46. The van der Waals surface area contributed by atoms with Crippen LogP contribution in [0.15, 0.2) is 59.5 Å². The Balaban J connectivity index is 2.42. The number of rotatable bonds is 1. The number of fused-ring (bicyclic) bond motifs is 3. The van der Waals surface area contributed by atoms with Crippen LogP contribution in [0.5, 0.6) is 0 Å². The molecule has 0 atom stereocenters. The first kappa shape index (κ1) is 11.3. The summed E-state index contributed by atoms with van der Waals surface area (Å²) in [5, 5.41) is 4.90. The van der Waals surface area contributed by atoms with Gasteiger partial charge >= 0.3 is 0 Å². The maximum atomic E-state index is 11.4. The third-order valence-electron chi connectivity index (χ3n) is 2.98. The molecule has 88 valence electrons. The Morgan fingerprint density at radius 1 is 0.889 bits per heavy atom. The molecular formula is C16H12OS. The van der Waals surface area contributed by atoms with E-state index < -0.39 is 0 Å². The van der Waals surface area contributed by atoms with Gasteiger partial charge in [0.2, 0.25) is 0 Å². The number of carbonyl (C=O) groups excluding carboxylic acids is 1. The molecule has 3 rings (SSSR count). The van der Waals surface area contributed by atoms with Gasteiger partial charge in [0.15, 0.2) is 5.12 Å². The topological polar surface area (TPSA) is 17.1 Å². The molecule has 18 heavy (non-hydrogen) atoms. The van der Waals surface area contributed by atoms with Gasteiger partial charge in [-0.25, -0.2) is 0 Å². The second-order valence-electron chi connectivity index (χ2n) is 4.24. The van der Waals surface area contributed by atoms with Crippen LogP contribution in [0.3, 0.4) is 0 Å². The van der Waals surface area contributed by atoms with E-state index in [-0.39, 0.29) is 5.12 Å². The zero-order valence-corrected chi connectivity index (χ0v) is 10.8. The summed E-state index contributed by atoms with van der Waals surface area (Å²) in [5.74, 6) is 0. The molecule has 0 saturated carbocycles. The van der Waals surface area contributed by atoms with E-state index in [1.807, 2.05) is 24.3 Å². The molecule has 0 saturated heterocycles. The van der Waals surface area contributed by atoms with Gasteiger partial charge in [0.25, 0.3) is 0 Å². The Kier molecular flexibility index (Phi) is 2.80. The van der Waals surface area contributed by atoms with E-state index in [1.54, 1.807) is 6.92 Å². The fourth-order valence-electron chi connectivity index (χ4n) is 2.26. The molecule has 3 aromatic rings. The molecule has 0 N–H and O–H groups in total. The summed E-state index contributed by atoms with van der Waals surface area (Å²) in [6, 6.07) is 18.6. The average molecular weight is 252 g/mol. The summed E-state index contributed by atoms with van der Waals surface area (Å²) in [4.78, 5) is 12.4. The van der Waals surface area contributed by atoms with E-state index in [2.05, 4.69) is 30.3 Å². The zero-order chi connectivity index (χ0) is 12.5. The van der Waals surface area contributed by atoms with Crippen LogP contribution < -0.4 is 0 Å². The molecule has 0 unspecified atom stereocenters. The molecule has 0 aliphatic carbocycles. The lowest BCUT2D eigenvalue weighted by Gasteiger charge is -2.08. The van der Waals surface area contributed by atoms with E-state index in [0.29, 0.717) is 0 Å². The first-order valence-electron chi connectivity index (χ1n) is 5.84. The zero-order valence-electron chi connectivity index (χ0n) is 10.0. The largest absolute Gasteiger partial charge is 0.287 e. The van der Waals surface area contributed by atoms with Crippen molar-refractivity contribution in [3.05, 3.63) is 54.6 Å². The maximum Gasteiger partial charge on any atom is 0.190 e. The van der Waals surface area contributed by atoms with Gasteiger partial charge in [0, 0.05) is 11.8 Å². The van der Waals surface area contributed by atoms with Gasteiger partial charge in [-0.05, 0) is 27.6 Å². The van der Waals surface area contributed by atoms with E-state index in [9.17, 15) is 4.79 Å². The number of benzene rings is 3. The van der Waals surface area contributed by atoms with Crippen molar-refractivity contribution in [2.45, 2.75) is 11.8 Å². The first-order chi connectivity index (χ1) is 8.75. The van der Waals surface area contributed by atoms with Gasteiger partial charge < -0.3 is 0 Å². The summed E-state index contributed by atoms with van der Waals surface area (Å²) < 4.78 is 0. The van der Waals surface area contributed by atoms with E-state index in [1.165, 1.54) is 27.9 Å². The Morgan fingerprint density at radius 3 is 2.22 bits per heavy atom. The van der Waals surface area contributed by atoms with Crippen molar-refractivity contribution < 1.29 is 4.79 Å². The quantitative estimate of drug-likeness (QED) is 0.464. The molecule has 0 aliphatic rings. The minimum Gasteiger partial charge on any atom is -0.287 e. The highest BCUT2D eigenvalue weighted by Crippen LogP contribution is 2.34. The molecule has 0 aromatic heterocycles. The van der Waals surface area contributed by atoms with Crippen molar-refractivity contribution in [1.29, 1.82) is 0 Å². The van der Waals surface area contributed by atoms with Crippen LogP contribution in [-0.2, 0) is 4.79 Å². The molecule has 0 bridgehead atoms. The van der Waals surface area contributed by atoms with Crippen molar-refractivity contribution in [3.63, 3.8) is 0 Å². The normalized spacial score (nSPS) is 10.9. The molecule has 1 nitrogen and oxygen atoms in total. The van der Waals surface area contributed by atoms with Crippen LogP contribution in [0.1, 0.15) is 6.92 Å². The van der Waals surface area contributed by atoms with Crippen molar-refractivity contribution in [3.8, 4) is 0 Å². The van der Waals surface area contributed by atoms with Crippen LogP contribution >= 0.6 is 11.8 Å². The van der Waals surface area contributed by atoms with Crippen molar-refractivity contribution in [2.24, 2.45) is 0 Å². The minimum atomic E-state index is 0.121. The molecule has 0 amide bonds. The lowest BCUT2D eigenvalue weighted by molar-refractivity contribution is -0.109. The van der Waals surface area contributed by atoms with E-state index in [4.69, 9.17) is 0 Å². The lowest BCUT2D eigenvalue weighted by Crippen LogP contribution is -1.85. The van der Waals surface area contributed by atoms with Gasteiger partial charge in [-0.2, -0.15) is 0 Å². The monoisotopic (exact) mass is 252 g/mol. The fourth-order valence-corrected chi connectivity index (χ4v) is 3.04. The van der Waals surface area contributed by atoms with Crippen molar-refractivity contribution >= 4 is 38.4 Å². The molecule has 0 heterocycles. The molecule has 0 spiro atoms. The van der Waals surface area contributed by atoms with Crippen LogP contribution in [0.25, 0.3) is 21.5 Å². The van der Waals surface area contributed by atoms with Gasteiger partial charge in [0.05, 0.1) is 0 Å². The Morgan fingerprint density at radius 2 is 1.50 bits per heavy atom. The molecular weight excluding hydrogens is 240 g/mol. The Hall–Kier alpha value is -1.80. The smallest absolute Gasteiger partial charge is 0.190 e. The van der Waals surface area contributed by atoms with Crippen LogP contribution in [0.2, 0.25) is 0 Å². The SMILES string of the molecule is CC(=O)Sc1cc2ccccc2c2ccccc12. The lowest BCUT2D eigenvalue weighted by atomic mass is 10.0. The first-order valence-corrected chi connectivity index (χ1v) is 6.66. The number of hydrogen-bond donors (Lipinski definition) is 0. The molecule has 0 fully saturated rings. The van der Waals surface area contributed by atoms with E-state index in [0.717, 1.165) is 10.3 Å². The van der Waals surface area contributed by atoms with E-state index >= 15 is 0 Å². The molecule has 2 heteroatoms. The molecule has 0 aliphatic heterocycles. The van der Waals surface area contributed by atoms with Crippen LogP contribution in [0.4, 0.5) is 0 Å². The fraction of sp³-hybridized carbons (Fsp3) is 0.0625. The van der Waals surface area contributed by atoms with Crippen LogP contribution in [0, 0.1) is 0 Å². The summed E-state index contributed by atoms with van der Waals surface area (Å²) in [7, 11) is 0. The third kappa shape index (κ3) is 1.89. The summed E-state index contributed by atoms with van der Waals surface area (Å²) >= 11 is 1.30. The van der Waals surface area contributed by atoms with Gasteiger partial charge in [-0.15, -0.1) is 0 Å². The number of hydrogen-bond acceptors (Lipinski definition) is 2. The van der Waals surface area contributed by atoms with Crippen molar-refractivity contribution in [2.75, 3.05) is 0 Å².